The van der Waals surface area contributed by atoms with E-state index in [0.29, 0.717) is 6.42 Å². The molecule has 0 aromatic heterocycles. The van der Waals surface area contributed by atoms with Crippen LogP contribution < -0.4 is 10.6 Å². The van der Waals surface area contributed by atoms with Crippen molar-refractivity contribution in [1.82, 2.24) is 4.90 Å². The highest BCUT2D eigenvalue weighted by molar-refractivity contribution is 5.55. The molecule has 1 aliphatic heterocycles. The Morgan fingerprint density at radius 2 is 1.95 bits per heavy atom. The summed E-state index contributed by atoms with van der Waals surface area (Å²) in [6.45, 7) is 9.34. The van der Waals surface area contributed by atoms with E-state index in [9.17, 15) is 4.39 Å². The molecule has 112 valence electrons. The summed E-state index contributed by atoms with van der Waals surface area (Å²) in [5.74, 6) is -0.129. The predicted molar refractivity (Wildman–Crippen MR) is 82.7 cm³/mol. The van der Waals surface area contributed by atoms with Gasteiger partial charge in [-0.15, -0.1) is 0 Å². The summed E-state index contributed by atoms with van der Waals surface area (Å²) < 4.78 is 14.1. The molecule has 1 unspecified atom stereocenters. The van der Waals surface area contributed by atoms with E-state index in [1.54, 1.807) is 6.07 Å². The number of nitrogens with two attached hydrogens (primary N) is 1. The number of rotatable bonds is 5. The standard InChI is InChI=1S/C16H26FN3/c1-3-7-19-8-10-20(11-9-19)16-6-4-5-15(17)14(16)12-13(2)18/h4-6,13H,3,7-12,18H2,1-2H3. The highest BCUT2D eigenvalue weighted by atomic mass is 19.1. The van der Waals surface area contributed by atoms with Crippen molar-refractivity contribution in [2.24, 2.45) is 5.73 Å². The Hall–Kier alpha value is -1.13. The van der Waals surface area contributed by atoms with E-state index in [1.807, 2.05) is 13.0 Å². The van der Waals surface area contributed by atoms with Crippen LogP contribution >= 0.6 is 0 Å². The molecule has 0 radical (unpaired) electrons. The van der Waals surface area contributed by atoms with Crippen molar-refractivity contribution in [2.45, 2.75) is 32.7 Å². The number of benzene rings is 1. The number of anilines is 1. The fourth-order valence-corrected chi connectivity index (χ4v) is 2.90. The van der Waals surface area contributed by atoms with Gasteiger partial charge in [0.2, 0.25) is 0 Å². The second-order valence-corrected chi connectivity index (χ2v) is 5.75. The number of hydrogen-bond acceptors (Lipinski definition) is 3. The first-order valence-electron chi connectivity index (χ1n) is 7.62. The van der Waals surface area contributed by atoms with Crippen molar-refractivity contribution >= 4 is 5.69 Å². The van der Waals surface area contributed by atoms with E-state index in [-0.39, 0.29) is 11.9 Å². The van der Waals surface area contributed by atoms with Gasteiger partial charge in [-0.05, 0) is 38.4 Å². The lowest BCUT2D eigenvalue weighted by Crippen LogP contribution is -2.47. The SMILES string of the molecule is CCCN1CCN(c2cccc(F)c2CC(C)N)CC1. The lowest BCUT2D eigenvalue weighted by atomic mass is 10.0. The van der Waals surface area contributed by atoms with E-state index in [4.69, 9.17) is 5.73 Å². The zero-order valence-electron chi connectivity index (χ0n) is 12.6. The number of hydrogen-bond donors (Lipinski definition) is 1. The molecule has 0 spiro atoms. The minimum Gasteiger partial charge on any atom is -0.369 e. The molecule has 2 rings (SSSR count). The maximum Gasteiger partial charge on any atom is 0.128 e. The summed E-state index contributed by atoms with van der Waals surface area (Å²) in [6.07, 6.45) is 1.78. The average Bonchev–Trinajstić information content (AvgIpc) is 2.42. The molecular weight excluding hydrogens is 253 g/mol. The molecule has 1 aromatic rings. The predicted octanol–water partition coefficient (Wildman–Crippen LogP) is 2.25. The van der Waals surface area contributed by atoms with Crippen LogP contribution in [0.1, 0.15) is 25.8 Å². The first-order chi connectivity index (χ1) is 9.61. The maximum atomic E-state index is 14.1. The largest absolute Gasteiger partial charge is 0.369 e. The Morgan fingerprint density at radius 1 is 1.25 bits per heavy atom. The summed E-state index contributed by atoms with van der Waals surface area (Å²) in [7, 11) is 0. The summed E-state index contributed by atoms with van der Waals surface area (Å²) in [5.41, 5.74) is 7.66. The van der Waals surface area contributed by atoms with Crippen LogP contribution in [0.4, 0.5) is 10.1 Å². The third-order valence-electron chi connectivity index (χ3n) is 3.87. The summed E-state index contributed by atoms with van der Waals surface area (Å²) in [5, 5.41) is 0. The van der Waals surface area contributed by atoms with Crippen LogP contribution in [0.5, 0.6) is 0 Å². The average molecular weight is 279 g/mol. The van der Waals surface area contributed by atoms with Crippen molar-refractivity contribution in [2.75, 3.05) is 37.6 Å². The van der Waals surface area contributed by atoms with Crippen molar-refractivity contribution in [1.29, 1.82) is 0 Å². The second kappa shape index (κ2) is 7.04. The highest BCUT2D eigenvalue weighted by Crippen LogP contribution is 2.25. The summed E-state index contributed by atoms with van der Waals surface area (Å²) >= 11 is 0. The normalized spacial score (nSPS) is 18.3. The quantitative estimate of drug-likeness (QED) is 0.897. The Morgan fingerprint density at radius 3 is 2.55 bits per heavy atom. The fourth-order valence-electron chi connectivity index (χ4n) is 2.90. The van der Waals surface area contributed by atoms with Crippen LogP contribution in [0.3, 0.4) is 0 Å². The Kier molecular flexibility index (Phi) is 5.38. The Labute approximate surface area is 121 Å². The first kappa shape index (κ1) is 15.3. The molecule has 4 heteroatoms. The van der Waals surface area contributed by atoms with Crippen LogP contribution in [0.15, 0.2) is 18.2 Å². The van der Waals surface area contributed by atoms with Gasteiger partial charge in [-0.3, -0.25) is 4.90 Å². The van der Waals surface area contributed by atoms with Gasteiger partial charge >= 0.3 is 0 Å². The molecule has 3 nitrogen and oxygen atoms in total. The lowest BCUT2D eigenvalue weighted by molar-refractivity contribution is 0.258. The minimum atomic E-state index is -0.129. The van der Waals surface area contributed by atoms with Crippen molar-refractivity contribution in [3.63, 3.8) is 0 Å². The van der Waals surface area contributed by atoms with Crippen LogP contribution in [0, 0.1) is 5.82 Å². The van der Waals surface area contributed by atoms with Gasteiger partial charge in [0.1, 0.15) is 5.82 Å². The van der Waals surface area contributed by atoms with Gasteiger partial charge in [0.05, 0.1) is 0 Å². The van der Waals surface area contributed by atoms with E-state index < -0.39 is 0 Å². The molecule has 1 saturated heterocycles. The van der Waals surface area contributed by atoms with Gasteiger partial charge in [0, 0.05) is 43.5 Å². The summed E-state index contributed by atoms with van der Waals surface area (Å²) in [6, 6.07) is 5.34. The van der Waals surface area contributed by atoms with E-state index in [0.717, 1.165) is 44.0 Å². The molecule has 2 N–H and O–H groups in total. The molecule has 1 fully saturated rings. The molecule has 1 heterocycles. The maximum absolute atomic E-state index is 14.1. The third kappa shape index (κ3) is 3.70. The molecule has 1 aliphatic rings. The van der Waals surface area contributed by atoms with Gasteiger partial charge in [0.25, 0.3) is 0 Å². The topological polar surface area (TPSA) is 32.5 Å². The molecule has 1 aromatic carbocycles. The second-order valence-electron chi connectivity index (χ2n) is 5.75. The number of halogens is 1. The molecule has 0 bridgehead atoms. The van der Waals surface area contributed by atoms with Crippen LogP contribution in [-0.4, -0.2) is 43.7 Å². The van der Waals surface area contributed by atoms with Crippen LogP contribution in [-0.2, 0) is 6.42 Å². The van der Waals surface area contributed by atoms with Crippen molar-refractivity contribution < 1.29 is 4.39 Å². The monoisotopic (exact) mass is 279 g/mol. The zero-order chi connectivity index (χ0) is 14.5. The van der Waals surface area contributed by atoms with Gasteiger partial charge in [-0.1, -0.05) is 13.0 Å². The van der Waals surface area contributed by atoms with Gasteiger partial charge in [-0.25, -0.2) is 4.39 Å². The van der Waals surface area contributed by atoms with E-state index in [1.165, 1.54) is 12.5 Å². The van der Waals surface area contributed by atoms with E-state index >= 15 is 0 Å². The Bertz CT molecular complexity index is 426. The molecule has 0 amide bonds. The fraction of sp³-hybridized carbons (Fsp3) is 0.625. The Balaban J connectivity index is 2.11. The van der Waals surface area contributed by atoms with Gasteiger partial charge in [0.15, 0.2) is 0 Å². The molecular formula is C16H26FN3. The molecule has 0 aliphatic carbocycles. The molecule has 0 saturated carbocycles. The summed E-state index contributed by atoms with van der Waals surface area (Å²) in [4.78, 5) is 4.77. The minimum absolute atomic E-state index is 0.0213. The van der Waals surface area contributed by atoms with Crippen LogP contribution in [0.2, 0.25) is 0 Å². The third-order valence-corrected chi connectivity index (χ3v) is 3.87. The number of piperazine rings is 1. The lowest BCUT2D eigenvalue weighted by Gasteiger charge is -2.37. The van der Waals surface area contributed by atoms with Gasteiger partial charge < -0.3 is 10.6 Å². The first-order valence-corrected chi connectivity index (χ1v) is 7.62. The van der Waals surface area contributed by atoms with E-state index in [2.05, 4.69) is 16.7 Å². The van der Waals surface area contributed by atoms with Crippen molar-refractivity contribution in [3.8, 4) is 0 Å². The number of nitrogens with zero attached hydrogens (tertiary/aromatic N) is 2. The zero-order valence-corrected chi connectivity index (χ0v) is 12.6. The van der Waals surface area contributed by atoms with Crippen molar-refractivity contribution in [3.05, 3.63) is 29.6 Å². The molecule has 20 heavy (non-hydrogen) atoms. The van der Waals surface area contributed by atoms with Gasteiger partial charge in [-0.2, -0.15) is 0 Å². The highest BCUT2D eigenvalue weighted by Gasteiger charge is 2.20. The smallest absolute Gasteiger partial charge is 0.128 e. The molecule has 1 atom stereocenters. The van der Waals surface area contributed by atoms with Crippen LogP contribution in [0.25, 0.3) is 0 Å².